The van der Waals surface area contributed by atoms with E-state index in [-0.39, 0.29) is 23.4 Å². The molecular formula is C17H18FN5O2. The van der Waals surface area contributed by atoms with Crippen molar-refractivity contribution in [2.24, 2.45) is 0 Å². The van der Waals surface area contributed by atoms with Gasteiger partial charge in [-0.15, -0.1) is 0 Å². The Labute approximate surface area is 144 Å². The molecule has 1 aromatic carbocycles. The smallest absolute Gasteiger partial charge is 0.329 e. The summed E-state index contributed by atoms with van der Waals surface area (Å²) in [5.74, 6) is 0.479. The van der Waals surface area contributed by atoms with Crippen LogP contribution in [0.3, 0.4) is 0 Å². The Morgan fingerprint density at radius 1 is 1.24 bits per heavy atom. The largest absolute Gasteiger partial charge is 0.361 e. The Morgan fingerprint density at radius 2 is 1.96 bits per heavy atom. The molecule has 0 radical (unpaired) electrons. The highest BCUT2D eigenvalue weighted by atomic mass is 19.1. The van der Waals surface area contributed by atoms with Crippen molar-refractivity contribution in [1.29, 1.82) is 0 Å². The average molecular weight is 343 g/mol. The van der Waals surface area contributed by atoms with Crippen molar-refractivity contribution in [3.63, 3.8) is 0 Å². The van der Waals surface area contributed by atoms with Gasteiger partial charge in [0.25, 0.3) is 0 Å². The maximum atomic E-state index is 13.1. The normalized spacial score (nSPS) is 16.5. The van der Waals surface area contributed by atoms with Crippen molar-refractivity contribution >= 4 is 17.5 Å². The highest BCUT2D eigenvalue weighted by molar-refractivity contribution is 5.58. The van der Waals surface area contributed by atoms with Crippen molar-refractivity contribution in [2.45, 2.75) is 44.3 Å². The Kier molecular flexibility index (Phi) is 3.95. The van der Waals surface area contributed by atoms with E-state index in [0.717, 1.165) is 31.2 Å². The molecule has 8 heteroatoms. The predicted molar refractivity (Wildman–Crippen MR) is 90.9 cm³/mol. The van der Waals surface area contributed by atoms with Crippen LogP contribution in [0.25, 0.3) is 0 Å². The van der Waals surface area contributed by atoms with E-state index in [2.05, 4.69) is 15.3 Å². The summed E-state index contributed by atoms with van der Waals surface area (Å²) in [4.78, 5) is 21.4. The lowest BCUT2D eigenvalue weighted by Gasteiger charge is -2.23. The zero-order valence-corrected chi connectivity index (χ0v) is 13.6. The van der Waals surface area contributed by atoms with E-state index < -0.39 is 4.92 Å². The highest BCUT2D eigenvalue weighted by Gasteiger charge is 2.33. The third-order valence-corrected chi connectivity index (χ3v) is 4.38. The first kappa shape index (κ1) is 15.7. The SMILES string of the molecule is O=[N+]([O-])c1cnc(N(Cc2ccc(F)cc2)C2CC2)nc1NC1CC1. The minimum absolute atomic E-state index is 0.104. The molecule has 0 unspecified atom stereocenters. The lowest BCUT2D eigenvalue weighted by molar-refractivity contribution is -0.384. The summed E-state index contributed by atoms with van der Waals surface area (Å²) < 4.78 is 13.1. The molecule has 0 amide bonds. The number of nitrogens with zero attached hydrogens (tertiary/aromatic N) is 4. The van der Waals surface area contributed by atoms with Crippen LogP contribution in [0.5, 0.6) is 0 Å². The zero-order valence-electron chi connectivity index (χ0n) is 13.6. The van der Waals surface area contributed by atoms with Gasteiger partial charge in [-0.2, -0.15) is 4.98 Å². The van der Waals surface area contributed by atoms with Crippen LogP contribution >= 0.6 is 0 Å². The van der Waals surface area contributed by atoms with Crippen LogP contribution in [0, 0.1) is 15.9 Å². The van der Waals surface area contributed by atoms with Crippen molar-refractivity contribution < 1.29 is 9.31 Å². The second-order valence-electron chi connectivity index (χ2n) is 6.57. The van der Waals surface area contributed by atoms with Crippen molar-refractivity contribution in [3.05, 3.63) is 52.0 Å². The van der Waals surface area contributed by atoms with Crippen molar-refractivity contribution in [3.8, 4) is 0 Å². The average Bonchev–Trinajstić information content (AvgIpc) is 3.48. The lowest BCUT2D eigenvalue weighted by Crippen LogP contribution is -2.27. The first-order valence-corrected chi connectivity index (χ1v) is 8.39. The summed E-state index contributed by atoms with van der Waals surface area (Å²) in [5, 5.41) is 14.3. The summed E-state index contributed by atoms with van der Waals surface area (Å²) in [7, 11) is 0. The van der Waals surface area contributed by atoms with E-state index in [4.69, 9.17) is 0 Å². The fourth-order valence-electron chi connectivity index (χ4n) is 2.70. The minimum atomic E-state index is -0.462. The standard InChI is InChI=1S/C17H18FN5O2/c18-12-3-1-11(2-4-12)10-22(14-7-8-14)17-19-9-15(23(24)25)16(21-17)20-13-5-6-13/h1-4,9,13-14H,5-8,10H2,(H,19,20,21). The van der Waals surface area contributed by atoms with Gasteiger partial charge >= 0.3 is 5.69 Å². The molecule has 0 bridgehead atoms. The van der Waals surface area contributed by atoms with E-state index in [1.54, 1.807) is 12.1 Å². The van der Waals surface area contributed by atoms with Crippen molar-refractivity contribution in [1.82, 2.24) is 9.97 Å². The van der Waals surface area contributed by atoms with Gasteiger partial charge in [-0.05, 0) is 43.4 Å². The zero-order chi connectivity index (χ0) is 17.4. The Morgan fingerprint density at radius 3 is 2.56 bits per heavy atom. The molecule has 130 valence electrons. The van der Waals surface area contributed by atoms with Crippen LogP contribution in [0.15, 0.2) is 30.5 Å². The molecule has 2 aromatic rings. The van der Waals surface area contributed by atoms with Gasteiger partial charge in [-0.1, -0.05) is 12.1 Å². The van der Waals surface area contributed by atoms with Crippen LogP contribution in [0.2, 0.25) is 0 Å². The summed E-state index contributed by atoms with van der Waals surface area (Å²) in [6.07, 6.45) is 5.34. The Bertz CT molecular complexity index is 790. The summed E-state index contributed by atoms with van der Waals surface area (Å²) in [5.41, 5.74) is 0.847. The number of hydrogen-bond acceptors (Lipinski definition) is 6. The van der Waals surface area contributed by atoms with Crippen LogP contribution < -0.4 is 10.2 Å². The molecule has 2 aliphatic rings. The molecule has 0 spiro atoms. The molecule has 2 fully saturated rings. The van der Waals surface area contributed by atoms with Gasteiger partial charge in [0.2, 0.25) is 11.8 Å². The molecule has 25 heavy (non-hydrogen) atoms. The third kappa shape index (κ3) is 3.67. The molecule has 4 rings (SSSR count). The number of nitrogens with one attached hydrogen (secondary N) is 1. The number of rotatable bonds is 7. The Hall–Kier alpha value is -2.77. The number of hydrogen-bond donors (Lipinski definition) is 1. The van der Waals surface area contributed by atoms with E-state index in [9.17, 15) is 14.5 Å². The predicted octanol–water partition coefficient (Wildman–Crippen LogP) is 3.27. The van der Waals surface area contributed by atoms with Crippen LogP contribution in [0.1, 0.15) is 31.2 Å². The van der Waals surface area contributed by atoms with Gasteiger partial charge in [0.05, 0.1) is 4.92 Å². The lowest BCUT2D eigenvalue weighted by atomic mass is 10.2. The fraction of sp³-hybridized carbons (Fsp3) is 0.412. The first-order chi connectivity index (χ1) is 12.1. The molecular weight excluding hydrogens is 325 g/mol. The van der Waals surface area contributed by atoms with Crippen LogP contribution in [-0.4, -0.2) is 27.0 Å². The van der Waals surface area contributed by atoms with Gasteiger partial charge in [0.1, 0.15) is 12.0 Å². The maximum Gasteiger partial charge on any atom is 0.329 e. The van der Waals surface area contributed by atoms with Gasteiger partial charge < -0.3 is 10.2 Å². The molecule has 0 atom stereocenters. The van der Waals surface area contributed by atoms with Gasteiger partial charge in [0, 0.05) is 18.6 Å². The fourth-order valence-corrected chi connectivity index (χ4v) is 2.70. The van der Waals surface area contributed by atoms with Gasteiger partial charge in [0.15, 0.2) is 0 Å². The van der Waals surface area contributed by atoms with Crippen molar-refractivity contribution in [2.75, 3.05) is 10.2 Å². The molecule has 1 N–H and O–H groups in total. The highest BCUT2D eigenvalue weighted by Crippen LogP contribution is 2.34. The molecule has 0 saturated heterocycles. The first-order valence-electron chi connectivity index (χ1n) is 8.39. The molecule has 1 heterocycles. The Balaban J connectivity index is 1.62. The van der Waals surface area contributed by atoms with E-state index >= 15 is 0 Å². The second kappa shape index (κ2) is 6.27. The minimum Gasteiger partial charge on any atom is -0.361 e. The van der Waals surface area contributed by atoms with E-state index in [1.807, 2.05) is 4.90 Å². The summed E-state index contributed by atoms with van der Waals surface area (Å²) >= 11 is 0. The van der Waals surface area contributed by atoms with Crippen LogP contribution in [0.4, 0.5) is 21.8 Å². The summed E-state index contributed by atoms with van der Waals surface area (Å²) in [6, 6.07) is 6.90. The number of benzene rings is 1. The number of nitro groups is 1. The molecule has 7 nitrogen and oxygen atoms in total. The topological polar surface area (TPSA) is 84.2 Å². The summed E-state index contributed by atoms with van der Waals surface area (Å²) in [6.45, 7) is 0.547. The number of aromatic nitrogens is 2. The monoisotopic (exact) mass is 343 g/mol. The third-order valence-electron chi connectivity index (χ3n) is 4.38. The quantitative estimate of drug-likeness (QED) is 0.613. The van der Waals surface area contributed by atoms with E-state index in [1.165, 1.54) is 18.3 Å². The second-order valence-corrected chi connectivity index (χ2v) is 6.57. The van der Waals surface area contributed by atoms with E-state index in [0.29, 0.717) is 18.5 Å². The maximum absolute atomic E-state index is 13.1. The molecule has 0 aliphatic heterocycles. The molecule has 2 aliphatic carbocycles. The van der Waals surface area contributed by atoms with Gasteiger partial charge in [-0.3, -0.25) is 10.1 Å². The number of anilines is 2. The number of halogens is 1. The van der Waals surface area contributed by atoms with Gasteiger partial charge in [-0.25, -0.2) is 9.37 Å². The molecule has 1 aromatic heterocycles. The van der Waals surface area contributed by atoms with Crippen LogP contribution in [-0.2, 0) is 6.54 Å². The molecule has 2 saturated carbocycles.